The summed E-state index contributed by atoms with van der Waals surface area (Å²) in [6, 6.07) is 11.2. The summed E-state index contributed by atoms with van der Waals surface area (Å²) in [7, 11) is 0. The molecular formula is C16H14Br2N2O2. The maximum absolute atomic E-state index is 12.5. The third kappa shape index (κ3) is 3.50. The van der Waals surface area contributed by atoms with Gasteiger partial charge in [0, 0.05) is 29.2 Å². The molecule has 1 unspecified atom stereocenters. The van der Waals surface area contributed by atoms with Gasteiger partial charge in [0.1, 0.15) is 6.10 Å². The van der Waals surface area contributed by atoms with Crippen molar-refractivity contribution >= 4 is 37.8 Å². The number of likely N-dealkylation sites (tertiary alicyclic amines) is 1. The fourth-order valence-electron chi connectivity index (χ4n) is 2.43. The van der Waals surface area contributed by atoms with Crippen molar-refractivity contribution in [1.29, 1.82) is 0 Å². The predicted octanol–water partition coefficient (Wildman–Crippen LogP) is 3.90. The van der Waals surface area contributed by atoms with Crippen LogP contribution in [0.3, 0.4) is 0 Å². The lowest BCUT2D eigenvalue weighted by Gasteiger charge is -2.17. The summed E-state index contributed by atoms with van der Waals surface area (Å²) in [4.78, 5) is 18.5. The van der Waals surface area contributed by atoms with Gasteiger partial charge in [-0.05, 0) is 46.3 Å². The summed E-state index contributed by atoms with van der Waals surface area (Å²) in [5, 5.41) is 0. The van der Waals surface area contributed by atoms with Gasteiger partial charge < -0.3 is 9.64 Å². The topological polar surface area (TPSA) is 42.4 Å². The van der Waals surface area contributed by atoms with Crippen molar-refractivity contribution in [2.45, 2.75) is 12.5 Å². The molecule has 0 bridgehead atoms. The predicted molar refractivity (Wildman–Crippen MR) is 91.0 cm³/mol. The van der Waals surface area contributed by atoms with Crippen LogP contribution < -0.4 is 4.74 Å². The minimum absolute atomic E-state index is 0.0256. The molecule has 1 aliphatic heterocycles. The number of rotatable bonds is 3. The second kappa shape index (κ2) is 6.79. The first-order valence-electron chi connectivity index (χ1n) is 6.95. The highest BCUT2D eigenvalue weighted by Gasteiger charge is 2.29. The Bertz CT molecular complexity index is 693. The molecule has 1 aromatic carbocycles. The summed E-state index contributed by atoms with van der Waals surface area (Å²) in [5.41, 5.74) is 0.689. The number of nitrogens with zero attached hydrogens (tertiary/aromatic N) is 2. The number of amides is 1. The first kappa shape index (κ1) is 15.5. The van der Waals surface area contributed by atoms with Gasteiger partial charge in [0.15, 0.2) is 0 Å². The lowest BCUT2D eigenvalue weighted by Crippen LogP contribution is -2.31. The normalized spacial score (nSPS) is 17.5. The average Bonchev–Trinajstić information content (AvgIpc) is 2.97. The molecule has 1 amide bonds. The van der Waals surface area contributed by atoms with Gasteiger partial charge in [0.05, 0.1) is 11.0 Å². The van der Waals surface area contributed by atoms with Crippen LogP contribution in [-0.2, 0) is 0 Å². The van der Waals surface area contributed by atoms with E-state index in [2.05, 4.69) is 36.8 Å². The number of pyridine rings is 1. The summed E-state index contributed by atoms with van der Waals surface area (Å²) in [6.45, 7) is 1.27. The standard InChI is InChI=1S/C16H14Br2N2O2/c17-12-4-1-3-11(9-12)16(21)20-8-6-13(10-20)22-15-14(18)5-2-7-19-15/h1-5,7,9,13H,6,8,10H2. The quantitative estimate of drug-likeness (QED) is 0.748. The van der Waals surface area contributed by atoms with Gasteiger partial charge in [-0.15, -0.1) is 0 Å². The Labute approximate surface area is 145 Å². The lowest BCUT2D eigenvalue weighted by molar-refractivity contribution is 0.0771. The van der Waals surface area contributed by atoms with Crippen LogP contribution in [0, 0.1) is 0 Å². The molecule has 114 valence electrons. The maximum atomic E-state index is 12.5. The second-order valence-electron chi connectivity index (χ2n) is 5.08. The SMILES string of the molecule is O=C(c1cccc(Br)c1)N1CCC(Oc2ncccc2Br)C1. The van der Waals surface area contributed by atoms with Gasteiger partial charge in [-0.2, -0.15) is 0 Å². The summed E-state index contributed by atoms with van der Waals surface area (Å²) in [5.74, 6) is 0.608. The molecule has 1 fully saturated rings. The zero-order chi connectivity index (χ0) is 15.5. The van der Waals surface area contributed by atoms with Crippen LogP contribution >= 0.6 is 31.9 Å². The van der Waals surface area contributed by atoms with Crippen molar-refractivity contribution < 1.29 is 9.53 Å². The van der Waals surface area contributed by atoms with Gasteiger partial charge in [0.2, 0.25) is 5.88 Å². The van der Waals surface area contributed by atoms with Crippen molar-refractivity contribution in [3.63, 3.8) is 0 Å². The van der Waals surface area contributed by atoms with Gasteiger partial charge in [-0.25, -0.2) is 4.98 Å². The van der Waals surface area contributed by atoms with Crippen LogP contribution in [-0.4, -0.2) is 35.0 Å². The zero-order valence-corrected chi connectivity index (χ0v) is 14.9. The Morgan fingerprint density at radius 3 is 2.91 bits per heavy atom. The Morgan fingerprint density at radius 1 is 1.27 bits per heavy atom. The molecule has 1 aromatic heterocycles. The maximum Gasteiger partial charge on any atom is 0.254 e. The van der Waals surface area contributed by atoms with E-state index in [9.17, 15) is 4.79 Å². The highest BCUT2D eigenvalue weighted by atomic mass is 79.9. The second-order valence-corrected chi connectivity index (χ2v) is 6.85. The molecule has 0 N–H and O–H groups in total. The van der Waals surface area contributed by atoms with Gasteiger partial charge in [0.25, 0.3) is 5.91 Å². The molecule has 1 atom stereocenters. The number of ether oxygens (including phenoxy) is 1. The largest absolute Gasteiger partial charge is 0.472 e. The molecule has 3 rings (SSSR count). The van der Waals surface area contributed by atoms with Gasteiger partial charge in [-0.3, -0.25) is 4.79 Å². The first-order valence-corrected chi connectivity index (χ1v) is 8.54. The smallest absolute Gasteiger partial charge is 0.254 e. The molecule has 1 saturated heterocycles. The summed E-state index contributed by atoms with van der Waals surface area (Å²) < 4.78 is 7.62. The van der Waals surface area contributed by atoms with E-state index < -0.39 is 0 Å². The number of carbonyl (C=O) groups is 1. The van der Waals surface area contributed by atoms with Crippen molar-refractivity contribution in [3.05, 3.63) is 57.1 Å². The Kier molecular flexibility index (Phi) is 4.78. The monoisotopic (exact) mass is 424 g/mol. The number of aromatic nitrogens is 1. The molecule has 1 aliphatic rings. The van der Waals surface area contributed by atoms with Crippen LogP contribution in [0.1, 0.15) is 16.8 Å². The summed E-state index contributed by atoms with van der Waals surface area (Å²) in [6.07, 6.45) is 2.48. The van der Waals surface area contributed by atoms with Crippen molar-refractivity contribution in [2.24, 2.45) is 0 Å². The third-order valence-corrected chi connectivity index (χ3v) is 4.60. The molecule has 0 radical (unpaired) electrons. The third-order valence-electron chi connectivity index (χ3n) is 3.51. The molecule has 0 aliphatic carbocycles. The van der Waals surface area contributed by atoms with Gasteiger partial charge in [-0.1, -0.05) is 22.0 Å². The number of benzene rings is 1. The minimum atomic E-state index is -0.0256. The molecular weight excluding hydrogens is 412 g/mol. The van der Waals surface area contributed by atoms with E-state index in [4.69, 9.17) is 4.74 Å². The van der Waals surface area contributed by atoms with Crippen molar-refractivity contribution in [3.8, 4) is 5.88 Å². The highest BCUT2D eigenvalue weighted by molar-refractivity contribution is 9.10. The Morgan fingerprint density at radius 2 is 2.14 bits per heavy atom. The average molecular weight is 426 g/mol. The molecule has 22 heavy (non-hydrogen) atoms. The Balaban J connectivity index is 1.65. The van der Waals surface area contributed by atoms with E-state index >= 15 is 0 Å². The van der Waals surface area contributed by atoms with E-state index in [1.807, 2.05) is 41.3 Å². The highest BCUT2D eigenvalue weighted by Crippen LogP contribution is 2.25. The van der Waals surface area contributed by atoms with Crippen LogP contribution in [0.5, 0.6) is 5.88 Å². The molecule has 4 nitrogen and oxygen atoms in total. The van der Waals surface area contributed by atoms with Crippen molar-refractivity contribution in [1.82, 2.24) is 9.88 Å². The van der Waals surface area contributed by atoms with E-state index in [1.165, 1.54) is 0 Å². The number of halogens is 2. The number of hydrogen-bond acceptors (Lipinski definition) is 3. The molecule has 0 saturated carbocycles. The van der Waals surface area contributed by atoms with Crippen LogP contribution in [0.2, 0.25) is 0 Å². The molecule has 2 heterocycles. The van der Waals surface area contributed by atoms with Crippen LogP contribution in [0.25, 0.3) is 0 Å². The number of carbonyl (C=O) groups excluding carboxylic acids is 1. The fraction of sp³-hybridized carbons (Fsp3) is 0.250. The van der Waals surface area contributed by atoms with Crippen LogP contribution in [0.4, 0.5) is 0 Å². The fourth-order valence-corrected chi connectivity index (χ4v) is 3.18. The first-order chi connectivity index (χ1) is 10.6. The molecule has 6 heteroatoms. The minimum Gasteiger partial charge on any atom is -0.472 e. The summed E-state index contributed by atoms with van der Waals surface area (Å²) >= 11 is 6.81. The van der Waals surface area contributed by atoms with Crippen LogP contribution in [0.15, 0.2) is 51.5 Å². The molecule has 0 spiro atoms. The van der Waals surface area contributed by atoms with Gasteiger partial charge >= 0.3 is 0 Å². The molecule has 2 aromatic rings. The van der Waals surface area contributed by atoms with Crippen molar-refractivity contribution in [2.75, 3.05) is 13.1 Å². The van der Waals surface area contributed by atoms with E-state index in [-0.39, 0.29) is 12.0 Å². The van der Waals surface area contributed by atoms with E-state index in [1.54, 1.807) is 6.20 Å². The van der Waals surface area contributed by atoms with E-state index in [0.29, 0.717) is 24.5 Å². The van der Waals surface area contributed by atoms with E-state index in [0.717, 1.165) is 15.4 Å². The Hall–Kier alpha value is -1.40. The zero-order valence-electron chi connectivity index (χ0n) is 11.7. The lowest BCUT2D eigenvalue weighted by atomic mass is 10.2. The number of hydrogen-bond donors (Lipinski definition) is 0.